The summed E-state index contributed by atoms with van der Waals surface area (Å²) in [6, 6.07) is 7.68. The molecule has 0 bridgehead atoms. The van der Waals surface area contributed by atoms with Crippen LogP contribution in [0.25, 0.3) is 0 Å². The van der Waals surface area contributed by atoms with E-state index in [0.29, 0.717) is 31.1 Å². The molecule has 0 spiro atoms. The summed E-state index contributed by atoms with van der Waals surface area (Å²) in [5.74, 6) is 2.66. The Morgan fingerprint density at radius 1 is 0.931 bits per heavy atom. The van der Waals surface area contributed by atoms with Gasteiger partial charge in [0.25, 0.3) is 0 Å². The van der Waals surface area contributed by atoms with Gasteiger partial charge in [0.2, 0.25) is 17.8 Å². The molecular formula is C20H28N6O3. The Bertz CT molecular complexity index is 802. The van der Waals surface area contributed by atoms with Crippen LogP contribution in [0.3, 0.4) is 0 Å². The normalized spacial score (nSPS) is 22.4. The van der Waals surface area contributed by atoms with Gasteiger partial charge in [-0.1, -0.05) is 0 Å². The smallest absolute Gasteiger partial charge is 0.233 e. The van der Waals surface area contributed by atoms with Crippen molar-refractivity contribution in [1.82, 2.24) is 15.0 Å². The van der Waals surface area contributed by atoms with Gasteiger partial charge in [0, 0.05) is 31.9 Å². The van der Waals surface area contributed by atoms with Gasteiger partial charge in [0.1, 0.15) is 5.75 Å². The summed E-state index contributed by atoms with van der Waals surface area (Å²) >= 11 is 0. The summed E-state index contributed by atoms with van der Waals surface area (Å²) in [4.78, 5) is 18.5. The van der Waals surface area contributed by atoms with Crippen LogP contribution in [-0.2, 0) is 9.47 Å². The number of methoxy groups -OCH3 is 1. The van der Waals surface area contributed by atoms with Crippen molar-refractivity contribution in [3.05, 3.63) is 24.3 Å². The Labute approximate surface area is 171 Å². The number of nitrogens with one attached hydrogen (secondary N) is 1. The zero-order valence-corrected chi connectivity index (χ0v) is 17.2. The zero-order valence-electron chi connectivity index (χ0n) is 17.2. The van der Waals surface area contributed by atoms with Gasteiger partial charge in [-0.2, -0.15) is 15.0 Å². The van der Waals surface area contributed by atoms with Crippen molar-refractivity contribution in [3.63, 3.8) is 0 Å². The molecule has 2 aliphatic rings. The molecule has 1 N–H and O–H groups in total. The van der Waals surface area contributed by atoms with Crippen molar-refractivity contribution in [3.8, 4) is 5.75 Å². The third-order valence-electron chi connectivity index (χ3n) is 4.95. The lowest BCUT2D eigenvalue weighted by atomic mass is 10.2. The maximum Gasteiger partial charge on any atom is 0.233 e. The number of hydrogen-bond acceptors (Lipinski definition) is 9. The Balaban J connectivity index is 1.63. The lowest BCUT2D eigenvalue weighted by Crippen LogP contribution is -2.46. The van der Waals surface area contributed by atoms with Crippen LogP contribution in [0.5, 0.6) is 5.75 Å². The molecule has 0 saturated carbocycles. The minimum atomic E-state index is 0.125. The van der Waals surface area contributed by atoms with E-state index in [1.54, 1.807) is 7.11 Å². The molecule has 0 amide bonds. The number of morpholine rings is 2. The van der Waals surface area contributed by atoms with Gasteiger partial charge >= 0.3 is 0 Å². The number of benzene rings is 1. The van der Waals surface area contributed by atoms with E-state index in [1.807, 2.05) is 24.3 Å². The van der Waals surface area contributed by atoms with E-state index in [-0.39, 0.29) is 12.2 Å². The van der Waals surface area contributed by atoms with Gasteiger partial charge < -0.3 is 29.3 Å². The topological polar surface area (TPSA) is 84.9 Å². The fourth-order valence-electron chi connectivity index (χ4n) is 3.60. The quantitative estimate of drug-likeness (QED) is 0.811. The van der Waals surface area contributed by atoms with E-state index in [2.05, 4.69) is 33.9 Å². The molecule has 2 atom stereocenters. The molecule has 3 heterocycles. The first kappa shape index (κ1) is 19.7. The van der Waals surface area contributed by atoms with Gasteiger partial charge in [-0.05, 0) is 38.1 Å². The van der Waals surface area contributed by atoms with E-state index < -0.39 is 0 Å². The highest BCUT2D eigenvalue weighted by atomic mass is 16.5. The first-order valence-electron chi connectivity index (χ1n) is 10.0. The van der Waals surface area contributed by atoms with Crippen LogP contribution in [0.15, 0.2) is 24.3 Å². The summed E-state index contributed by atoms with van der Waals surface area (Å²) in [6.07, 6.45) is 0.251. The number of rotatable bonds is 5. The standard InChI is InChI=1S/C20H28N6O3/c1-14-12-26(13-15(2)29-14)20-23-18(21-16-4-6-17(27-3)7-5-16)22-19(24-20)25-8-10-28-11-9-25/h4-7,14-15H,8-13H2,1-3H3,(H,21,22,23,24). The molecule has 2 saturated heterocycles. The third-order valence-corrected chi connectivity index (χ3v) is 4.95. The summed E-state index contributed by atoms with van der Waals surface area (Å²) in [6.45, 7) is 8.52. The molecule has 2 unspecified atom stereocenters. The van der Waals surface area contributed by atoms with E-state index >= 15 is 0 Å². The van der Waals surface area contributed by atoms with Crippen molar-refractivity contribution < 1.29 is 14.2 Å². The molecule has 29 heavy (non-hydrogen) atoms. The Kier molecular flexibility index (Phi) is 5.96. The minimum absolute atomic E-state index is 0.125. The molecule has 1 aromatic heterocycles. The Morgan fingerprint density at radius 2 is 1.55 bits per heavy atom. The molecule has 0 radical (unpaired) electrons. The van der Waals surface area contributed by atoms with Gasteiger partial charge in [-0.25, -0.2) is 0 Å². The third kappa shape index (κ3) is 4.86. The molecule has 4 rings (SSSR count). The zero-order chi connectivity index (χ0) is 20.2. The number of anilines is 4. The average molecular weight is 400 g/mol. The average Bonchev–Trinajstić information content (AvgIpc) is 2.74. The van der Waals surface area contributed by atoms with E-state index in [4.69, 9.17) is 24.2 Å². The van der Waals surface area contributed by atoms with Crippen LogP contribution in [-0.4, -0.2) is 73.7 Å². The van der Waals surface area contributed by atoms with Gasteiger partial charge in [-0.3, -0.25) is 0 Å². The highest BCUT2D eigenvalue weighted by Gasteiger charge is 2.26. The second kappa shape index (κ2) is 8.79. The molecule has 2 aromatic rings. The first-order valence-corrected chi connectivity index (χ1v) is 10.0. The monoisotopic (exact) mass is 400 g/mol. The number of nitrogens with zero attached hydrogens (tertiary/aromatic N) is 5. The maximum atomic E-state index is 5.86. The van der Waals surface area contributed by atoms with E-state index in [9.17, 15) is 0 Å². The fraction of sp³-hybridized carbons (Fsp3) is 0.550. The van der Waals surface area contributed by atoms with Crippen LogP contribution in [0, 0.1) is 0 Å². The molecule has 2 fully saturated rings. The van der Waals surface area contributed by atoms with Crippen molar-refractivity contribution >= 4 is 23.5 Å². The maximum absolute atomic E-state index is 5.86. The number of hydrogen-bond donors (Lipinski definition) is 1. The van der Waals surface area contributed by atoms with E-state index in [1.165, 1.54) is 0 Å². The summed E-state index contributed by atoms with van der Waals surface area (Å²) in [5.41, 5.74) is 0.889. The van der Waals surface area contributed by atoms with Crippen LogP contribution in [0.4, 0.5) is 23.5 Å². The SMILES string of the molecule is COc1ccc(Nc2nc(N3CCOCC3)nc(N3CC(C)OC(C)C3)n2)cc1. The molecule has 0 aliphatic carbocycles. The van der Waals surface area contributed by atoms with Crippen molar-refractivity contribution in [2.45, 2.75) is 26.1 Å². The van der Waals surface area contributed by atoms with Crippen LogP contribution in [0.2, 0.25) is 0 Å². The predicted octanol–water partition coefficient (Wildman–Crippen LogP) is 2.07. The van der Waals surface area contributed by atoms with Crippen molar-refractivity contribution in [1.29, 1.82) is 0 Å². The molecule has 1 aromatic carbocycles. The predicted molar refractivity (Wildman–Crippen MR) is 111 cm³/mol. The lowest BCUT2D eigenvalue weighted by Gasteiger charge is -2.36. The van der Waals surface area contributed by atoms with Crippen LogP contribution >= 0.6 is 0 Å². The molecule has 156 valence electrons. The molecule has 2 aliphatic heterocycles. The highest BCUT2D eigenvalue weighted by molar-refractivity contribution is 5.57. The number of aromatic nitrogens is 3. The Hall–Kier alpha value is -2.65. The van der Waals surface area contributed by atoms with Crippen LogP contribution < -0.4 is 19.9 Å². The first-order chi connectivity index (χ1) is 14.1. The molecule has 9 heteroatoms. The van der Waals surface area contributed by atoms with E-state index in [0.717, 1.165) is 37.6 Å². The second-order valence-electron chi connectivity index (χ2n) is 7.37. The molecular weight excluding hydrogens is 372 g/mol. The largest absolute Gasteiger partial charge is 0.497 e. The van der Waals surface area contributed by atoms with Crippen molar-refractivity contribution in [2.24, 2.45) is 0 Å². The summed E-state index contributed by atoms with van der Waals surface area (Å²) in [5, 5.41) is 3.30. The van der Waals surface area contributed by atoms with Crippen LogP contribution in [0.1, 0.15) is 13.8 Å². The van der Waals surface area contributed by atoms with Gasteiger partial charge in [0.05, 0.1) is 32.5 Å². The Morgan fingerprint density at radius 3 is 2.17 bits per heavy atom. The summed E-state index contributed by atoms with van der Waals surface area (Å²) in [7, 11) is 1.65. The number of ether oxygens (including phenoxy) is 3. The minimum Gasteiger partial charge on any atom is -0.497 e. The second-order valence-corrected chi connectivity index (χ2v) is 7.37. The van der Waals surface area contributed by atoms with Gasteiger partial charge in [0.15, 0.2) is 0 Å². The molecule has 9 nitrogen and oxygen atoms in total. The lowest BCUT2D eigenvalue weighted by molar-refractivity contribution is -0.00572. The fourth-order valence-corrected chi connectivity index (χ4v) is 3.60. The summed E-state index contributed by atoms with van der Waals surface area (Å²) < 4.78 is 16.6. The van der Waals surface area contributed by atoms with Gasteiger partial charge in [-0.15, -0.1) is 0 Å². The highest BCUT2D eigenvalue weighted by Crippen LogP contribution is 2.24. The van der Waals surface area contributed by atoms with Crippen molar-refractivity contribution in [2.75, 3.05) is 61.6 Å².